The number of benzene rings is 1. The van der Waals surface area contributed by atoms with E-state index in [-0.39, 0.29) is 0 Å². The van der Waals surface area contributed by atoms with Gasteiger partial charge in [-0.2, -0.15) is 5.10 Å². The molecule has 0 aliphatic carbocycles. The van der Waals surface area contributed by atoms with E-state index in [4.69, 9.17) is 10.5 Å². The van der Waals surface area contributed by atoms with Gasteiger partial charge in [0, 0.05) is 32.0 Å². The average Bonchev–Trinajstić information content (AvgIpc) is 3.00. The molecule has 1 aromatic heterocycles. The summed E-state index contributed by atoms with van der Waals surface area (Å²) in [5, 5.41) is 4.37. The van der Waals surface area contributed by atoms with Crippen LogP contribution < -0.4 is 5.73 Å². The van der Waals surface area contributed by atoms with Crippen LogP contribution in [-0.2, 0) is 16.1 Å². The second-order valence-corrected chi connectivity index (χ2v) is 6.04. The van der Waals surface area contributed by atoms with Crippen LogP contribution in [-0.4, -0.2) is 46.4 Å². The zero-order chi connectivity index (χ0) is 16.4. The predicted octanol–water partition coefficient (Wildman–Crippen LogP) is 1.18. The minimum Gasteiger partial charge on any atom is -0.367 e. The molecule has 0 saturated carbocycles. The predicted molar refractivity (Wildman–Crippen MR) is 87.2 cm³/mol. The molecule has 1 aromatic carbocycles. The van der Waals surface area contributed by atoms with E-state index in [1.165, 1.54) is 16.7 Å². The highest BCUT2D eigenvalue weighted by atomic mass is 16.5. The van der Waals surface area contributed by atoms with Crippen molar-refractivity contribution in [3.8, 4) is 5.69 Å². The van der Waals surface area contributed by atoms with Gasteiger partial charge in [-0.3, -0.25) is 9.69 Å². The minimum atomic E-state index is -0.525. The van der Waals surface area contributed by atoms with E-state index >= 15 is 0 Å². The molecule has 122 valence electrons. The molecule has 1 amide bonds. The van der Waals surface area contributed by atoms with E-state index in [1.807, 2.05) is 16.9 Å². The average molecular weight is 314 g/mol. The molecule has 6 heteroatoms. The van der Waals surface area contributed by atoms with Gasteiger partial charge in [-0.25, -0.2) is 4.68 Å². The maximum absolute atomic E-state index is 11.4. The summed E-state index contributed by atoms with van der Waals surface area (Å²) in [6.45, 7) is 6.77. The van der Waals surface area contributed by atoms with Gasteiger partial charge in [-0.05, 0) is 31.0 Å². The first-order valence-corrected chi connectivity index (χ1v) is 7.78. The van der Waals surface area contributed by atoms with Crippen LogP contribution in [0.25, 0.3) is 5.69 Å². The summed E-state index contributed by atoms with van der Waals surface area (Å²) < 4.78 is 7.32. The third-order valence-corrected chi connectivity index (χ3v) is 4.12. The molecule has 1 atom stereocenters. The molecule has 2 N–H and O–H groups in total. The SMILES string of the molecule is Cc1cc(C)c(-n2cccn2)c(CN2CCO[C@H](C(N)=O)C2)c1. The number of carbonyl (C=O) groups excluding carboxylic acids is 1. The van der Waals surface area contributed by atoms with Crippen molar-refractivity contribution in [2.24, 2.45) is 5.73 Å². The quantitative estimate of drug-likeness (QED) is 0.919. The highest BCUT2D eigenvalue weighted by Crippen LogP contribution is 2.23. The Morgan fingerprint density at radius 2 is 2.26 bits per heavy atom. The van der Waals surface area contributed by atoms with Crippen molar-refractivity contribution < 1.29 is 9.53 Å². The van der Waals surface area contributed by atoms with Crippen LogP contribution in [0.5, 0.6) is 0 Å². The van der Waals surface area contributed by atoms with Crippen molar-refractivity contribution >= 4 is 5.91 Å². The van der Waals surface area contributed by atoms with Gasteiger partial charge in [0.1, 0.15) is 6.10 Å². The summed E-state index contributed by atoms with van der Waals surface area (Å²) in [6, 6.07) is 6.26. The Labute approximate surface area is 135 Å². The third kappa shape index (κ3) is 3.43. The Kier molecular flexibility index (Phi) is 4.45. The number of primary amides is 1. The summed E-state index contributed by atoms with van der Waals surface area (Å²) in [4.78, 5) is 13.6. The summed E-state index contributed by atoms with van der Waals surface area (Å²) in [6.07, 6.45) is 3.20. The number of hydrogen-bond acceptors (Lipinski definition) is 4. The number of rotatable bonds is 4. The van der Waals surface area contributed by atoms with Gasteiger partial charge in [0.2, 0.25) is 5.91 Å². The standard InChI is InChI=1S/C17H22N4O2/c1-12-8-13(2)16(21-5-3-4-19-21)14(9-12)10-20-6-7-23-15(11-20)17(18)22/h3-5,8-9,15H,6-7,10-11H2,1-2H3,(H2,18,22)/t15-/m0/s1. The summed E-state index contributed by atoms with van der Waals surface area (Å²) in [5.74, 6) is -0.401. The summed E-state index contributed by atoms with van der Waals surface area (Å²) in [7, 11) is 0. The Bertz CT molecular complexity index is 697. The fourth-order valence-corrected chi connectivity index (χ4v) is 3.16. The van der Waals surface area contributed by atoms with Crippen molar-refractivity contribution in [1.29, 1.82) is 0 Å². The van der Waals surface area contributed by atoms with Crippen LogP contribution in [0.2, 0.25) is 0 Å². The molecule has 1 aliphatic rings. The molecule has 23 heavy (non-hydrogen) atoms. The molecule has 1 saturated heterocycles. The van der Waals surface area contributed by atoms with Crippen LogP contribution in [0.4, 0.5) is 0 Å². The second-order valence-electron chi connectivity index (χ2n) is 6.04. The molecule has 0 bridgehead atoms. The lowest BCUT2D eigenvalue weighted by atomic mass is 10.0. The number of carbonyl (C=O) groups is 1. The van der Waals surface area contributed by atoms with Gasteiger partial charge < -0.3 is 10.5 Å². The van der Waals surface area contributed by atoms with Gasteiger partial charge in [-0.15, -0.1) is 0 Å². The molecule has 1 fully saturated rings. The molecule has 2 heterocycles. The van der Waals surface area contributed by atoms with Crippen molar-refractivity contribution in [3.05, 3.63) is 47.3 Å². The van der Waals surface area contributed by atoms with Crippen molar-refractivity contribution in [2.75, 3.05) is 19.7 Å². The topological polar surface area (TPSA) is 73.4 Å². The number of nitrogens with zero attached hydrogens (tertiary/aromatic N) is 3. The molecule has 6 nitrogen and oxygen atoms in total. The largest absolute Gasteiger partial charge is 0.367 e. The molecule has 1 aliphatic heterocycles. The zero-order valence-corrected chi connectivity index (χ0v) is 13.5. The van der Waals surface area contributed by atoms with Crippen LogP contribution in [0.3, 0.4) is 0 Å². The van der Waals surface area contributed by atoms with Crippen LogP contribution in [0.1, 0.15) is 16.7 Å². The van der Waals surface area contributed by atoms with Crippen molar-refractivity contribution in [3.63, 3.8) is 0 Å². The third-order valence-electron chi connectivity index (χ3n) is 4.12. The number of morpholine rings is 1. The number of hydrogen-bond donors (Lipinski definition) is 1. The smallest absolute Gasteiger partial charge is 0.247 e. The fourth-order valence-electron chi connectivity index (χ4n) is 3.16. The molecule has 3 rings (SSSR count). The molecule has 0 unspecified atom stereocenters. The Morgan fingerprint density at radius 1 is 1.43 bits per heavy atom. The van der Waals surface area contributed by atoms with Crippen LogP contribution >= 0.6 is 0 Å². The number of nitrogens with two attached hydrogens (primary N) is 1. The highest BCUT2D eigenvalue weighted by Gasteiger charge is 2.25. The molecule has 0 spiro atoms. The Morgan fingerprint density at radius 3 is 2.96 bits per heavy atom. The lowest BCUT2D eigenvalue weighted by molar-refractivity contribution is -0.135. The fraction of sp³-hybridized carbons (Fsp3) is 0.412. The second kappa shape index (κ2) is 6.52. The maximum atomic E-state index is 11.4. The lowest BCUT2D eigenvalue weighted by Gasteiger charge is -2.32. The van der Waals surface area contributed by atoms with E-state index < -0.39 is 12.0 Å². The molecule has 0 radical (unpaired) electrons. The minimum absolute atomic E-state index is 0.401. The van der Waals surface area contributed by atoms with Gasteiger partial charge in [0.05, 0.1) is 12.3 Å². The van der Waals surface area contributed by atoms with E-state index in [0.29, 0.717) is 13.2 Å². The first kappa shape index (κ1) is 15.7. The van der Waals surface area contributed by atoms with Crippen molar-refractivity contribution in [1.82, 2.24) is 14.7 Å². The molecular formula is C17H22N4O2. The Balaban J connectivity index is 1.89. The highest BCUT2D eigenvalue weighted by molar-refractivity contribution is 5.79. The van der Waals surface area contributed by atoms with Gasteiger partial charge in [-0.1, -0.05) is 17.7 Å². The number of amides is 1. The van der Waals surface area contributed by atoms with E-state index in [1.54, 1.807) is 6.20 Å². The monoisotopic (exact) mass is 314 g/mol. The maximum Gasteiger partial charge on any atom is 0.247 e. The molecular weight excluding hydrogens is 292 g/mol. The summed E-state index contributed by atoms with van der Waals surface area (Å²) in [5.41, 5.74) is 10.1. The molecule has 2 aromatic rings. The number of ether oxygens (including phenoxy) is 1. The van der Waals surface area contributed by atoms with Gasteiger partial charge >= 0.3 is 0 Å². The van der Waals surface area contributed by atoms with E-state index in [2.05, 4.69) is 36.0 Å². The zero-order valence-electron chi connectivity index (χ0n) is 13.5. The first-order valence-electron chi connectivity index (χ1n) is 7.78. The van der Waals surface area contributed by atoms with E-state index in [0.717, 1.165) is 18.8 Å². The van der Waals surface area contributed by atoms with Crippen LogP contribution in [0.15, 0.2) is 30.6 Å². The van der Waals surface area contributed by atoms with Gasteiger partial charge in [0.25, 0.3) is 0 Å². The van der Waals surface area contributed by atoms with E-state index in [9.17, 15) is 4.79 Å². The number of aromatic nitrogens is 2. The Hall–Kier alpha value is -2.18. The number of aryl methyl sites for hydroxylation is 2. The van der Waals surface area contributed by atoms with Crippen molar-refractivity contribution in [2.45, 2.75) is 26.5 Å². The first-order chi connectivity index (χ1) is 11.0. The van der Waals surface area contributed by atoms with Gasteiger partial charge in [0.15, 0.2) is 0 Å². The lowest BCUT2D eigenvalue weighted by Crippen LogP contribution is -2.48. The summed E-state index contributed by atoms with van der Waals surface area (Å²) >= 11 is 0. The van der Waals surface area contributed by atoms with Crippen LogP contribution in [0, 0.1) is 13.8 Å². The normalized spacial score (nSPS) is 19.0.